The van der Waals surface area contributed by atoms with Gasteiger partial charge in [-0.15, -0.1) is 0 Å². The first-order chi connectivity index (χ1) is 16.5. The maximum absolute atomic E-state index is 13.0. The zero-order valence-corrected chi connectivity index (χ0v) is 19.8. The Hall–Kier alpha value is -3.30. The van der Waals surface area contributed by atoms with Crippen molar-refractivity contribution in [3.8, 4) is 11.5 Å². The van der Waals surface area contributed by atoms with Crippen LogP contribution >= 0.6 is 0 Å². The first-order valence-electron chi connectivity index (χ1n) is 11.6. The van der Waals surface area contributed by atoms with Gasteiger partial charge < -0.3 is 34.2 Å². The van der Waals surface area contributed by atoms with Crippen LogP contribution in [0.2, 0.25) is 0 Å². The van der Waals surface area contributed by atoms with E-state index in [1.807, 2.05) is 24.3 Å². The molecule has 2 aliphatic heterocycles. The molecule has 0 atom stereocenters. The zero-order valence-electron chi connectivity index (χ0n) is 19.8. The van der Waals surface area contributed by atoms with Gasteiger partial charge in [-0.05, 0) is 37.4 Å². The highest BCUT2D eigenvalue weighted by molar-refractivity contribution is 6.06. The van der Waals surface area contributed by atoms with Crippen molar-refractivity contribution in [3.63, 3.8) is 0 Å². The minimum Gasteiger partial charge on any atom is -0.493 e. The topological polar surface area (TPSA) is 83.6 Å². The number of para-hydroxylation sites is 2. The molecule has 0 unspecified atom stereocenters. The summed E-state index contributed by atoms with van der Waals surface area (Å²) in [5.74, 6) is 0.469. The minimum atomic E-state index is -0.240. The first kappa shape index (κ1) is 23.8. The summed E-state index contributed by atoms with van der Waals surface area (Å²) >= 11 is 0. The number of methoxy groups -OCH3 is 1. The summed E-state index contributed by atoms with van der Waals surface area (Å²) in [7, 11) is 3.63. The number of rotatable bonds is 7. The van der Waals surface area contributed by atoms with Crippen LogP contribution in [-0.4, -0.2) is 94.9 Å². The van der Waals surface area contributed by atoms with E-state index in [-0.39, 0.29) is 18.4 Å². The number of ether oxygens (including phenoxy) is 3. The Morgan fingerprint density at radius 3 is 2.44 bits per heavy atom. The summed E-state index contributed by atoms with van der Waals surface area (Å²) in [6.45, 7) is 5.89. The smallest absolute Gasteiger partial charge is 0.260 e. The summed E-state index contributed by atoms with van der Waals surface area (Å²) < 4.78 is 16.4. The molecule has 0 radical (unpaired) electrons. The van der Waals surface area contributed by atoms with E-state index in [4.69, 9.17) is 14.2 Å². The second-order valence-electron chi connectivity index (χ2n) is 8.41. The van der Waals surface area contributed by atoms with Crippen molar-refractivity contribution in [2.45, 2.75) is 0 Å². The van der Waals surface area contributed by atoms with E-state index in [9.17, 15) is 9.59 Å². The molecular formula is C25H32N4O5. The van der Waals surface area contributed by atoms with E-state index in [1.54, 1.807) is 23.1 Å². The maximum Gasteiger partial charge on any atom is 0.260 e. The summed E-state index contributed by atoms with van der Waals surface area (Å²) in [5.41, 5.74) is 2.22. The van der Waals surface area contributed by atoms with Gasteiger partial charge in [0.2, 0.25) is 0 Å². The second-order valence-corrected chi connectivity index (χ2v) is 8.41. The lowest BCUT2D eigenvalue weighted by molar-refractivity contribution is -0.137. The molecule has 0 saturated carbocycles. The second kappa shape index (κ2) is 11.2. The van der Waals surface area contributed by atoms with E-state index in [0.717, 1.165) is 37.6 Å². The average Bonchev–Trinajstić information content (AvgIpc) is 2.88. The fourth-order valence-electron chi connectivity index (χ4n) is 4.07. The highest BCUT2D eigenvalue weighted by Crippen LogP contribution is 2.30. The van der Waals surface area contributed by atoms with Crippen LogP contribution in [0.5, 0.6) is 11.5 Å². The fraction of sp³-hybridized carbons (Fsp3) is 0.440. The van der Waals surface area contributed by atoms with Crippen LogP contribution in [0.25, 0.3) is 0 Å². The molecule has 2 aromatic carbocycles. The van der Waals surface area contributed by atoms with Gasteiger partial charge >= 0.3 is 0 Å². The Morgan fingerprint density at radius 2 is 1.71 bits per heavy atom. The molecule has 0 aromatic heterocycles. The Balaban J connectivity index is 1.41. The van der Waals surface area contributed by atoms with E-state index in [1.165, 1.54) is 7.11 Å². The first-order valence-corrected chi connectivity index (χ1v) is 11.6. The predicted molar refractivity (Wildman–Crippen MR) is 130 cm³/mol. The van der Waals surface area contributed by atoms with Crippen molar-refractivity contribution in [2.24, 2.45) is 0 Å². The standard InChI is InChI=1S/C25H32N4O5/c1-27-9-11-28(12-10-27)21-6-4-3-5-20(21)26-25(31)19-7-8-22(23(17-19)32-2)34-18-24(30)29-13-15-33-16-14-29/h3-8,17H,9-16,18H2,1-2H3,(H,26,31). The monoisotopic (exact) mass is 468 g/mol. The van der Waals surface area contributed by atoms with E-state index in [0.29, 0.717) is 43.4 Å². The molecule has 9 nitrogen and oxygen atoms in total. The van der Waals surface area contributed by atoms with Crippen molar-refractivity contribution in [2.75, 3.05) is 83.5 Å². The zero-order chi connectivity index (χ0) is 23.9. The van der Waals surface area contributed by atoms with Crippen LogP contribution in [0, 0.1) is 0 Å². The number of hydrogen-bond donors (Lipinski definition) is 1. The molecular weight excluding hydrogens is 436 g/mol. The van der Waals surface area contributed by atoms with E-state index in [2.05, 4.69) is 22.2 Å². The van der Waals surface area contributed by atoms with Gasteiger partial charge in [0.25, 0.3) is 11.8 Å². The number of morpholine rings is 1. The third-order valence-corrected chi connectivity index (χ3v) is 6.14. The van der Waals surface area contributed by atoms with Crippen LogP contribution in [0.1, 0.15) is 10.4 Å². The Morgan fingerprint density at radius 1 is 0.971 bits per heavy atom. The number of carbonyl (C=O) groups excluding carboxylic acids is 2. The average molecular weight is 469 g/mol. The summed E-state index contributed by atoms with van der Waals surface area (Å²) in [6.07, 6.45) is 0. The Labute approximate surface area is 200 Å². The van der Waals surface area contributed by atoms with Crippen molar-refractivity contribution in [3.05, 3.63) is 48.0 Å². The largest absolute Gasteiger partial charge is 0.493 e. The molecule has 0 aliphatic carbocycles. The lowest BCUT2D eigenvalue weighted by atomic mass is 10.1. The van der Waals surface area contributed by atoms with Crippen LogP contribution in [0.3, 0.4) is 0 Å². The molecule has 9 heteroatoms. The van der Waals surface area contributed by atoms with Crippen LogP contribution in [0.15, 0.2) is 42.5 Å². The number of piperazine rings is 1. The van der Waals surface area contributed by atoms with Crippen molar-refractivity contribution in [1.29, 1.82) is 0 Å². The minimum absolute atomic E-state index is 0.0969. The number of anilines is 2. The highest BCUT2D eigenvalue weighted by atomic mass is 16.5. The Kier molecular flexibility index (Phi) is 7.87. The lowest BCUT2D eigenvalue weighted by Gasteiger charge is -2.35. The highest BCUT2D eigenvalue weighted by Gasteiger charge is 2.20. The number of benzene rings is 2. The molecule has 34 heavy (non-hydrogen) atoms. The number of nitrogens with zero attached hydrogens (tertiary/aromatic N) is 3. The number of likely N-dealkylation sites (N-methyl/N-ethyl adjacent to an activating group) is 1. The number of nitrogens with one attached hydrogen (secondary N) is 1. The molecule has 2 aliphatic rings. The number of carbonyl (C=O) groups is 2. The molecule has 2 amide bonds. The molecule has 1 N–H and O–H groups in total. The van der Waals surface area contributed by atoms with Gasteiger partial charge in [0.05, 0.1) is 31.7 Å². The number of amides is 2. The fourth-order valence-corrected chi connectivity index (χ4v) is 4.07. The van der Waals surface area contributed by atoms with Gasteiger partial charge in [-0.25, -0.2) is 0 Å². The molecule has 4 rings (SSSR count). The third-order valence-electron chi connectivity index (χ3n) is 6.14. The number of hydrogen-bond acceptors (Lipinski definition) is 7. The maximum atomic E-state index is 13.0. The molecule has 2 heterocycles. The normalized spacial score (nSPS) is 16.8. The van der Waals surface area contributed by atoms with Gasteiger partial charge in [0.15, 0.2) is 18.1 Å². The summed E-state index contributed by atoms with van der Waals surface area (Å²) in [4.78, 5) is 31.7. The lowest BCUT2D eigenvalue weighted by Crippen LogP contribution is -2.44. The van der Waals surface area contributed by atoms with Crippen LogP contribution in [0.4, 0.5) is 11.4 Å². The molecule has 2 aromatic rings. The Bertz CT molecular complexity index is 1000. The molecule has 0 bridgehead atoms. The van der Waals surface area contributed by atoms with E-state index < -0.39 is 0 Å². The van der Waals surface area contributed by atoms with Crippen LogP contribution < -0.4 is 19.7 Å². The van der Waals surface area contributed by atoms with Crippen molar-refractivity contribution >= 4 is 23.2 Å². The SMILES string of the molecule is COc1cc(C(=O)Nc2ccccc2N2CCN(C)CC2)ccc1OCC(=O)N1CCOCC1. The molecule has 2 saturated heterocycles. The molecule has 182 valence electrons. The predicted octanol–water partition coefficient (Wildman–Crippen LogP) is 1.94. The van der Waals surface area contributed by atoms with Gasteiger partial charge in [-0.3, -0.25) is 9.59 Å². The van der Waals surface area contributed by atoms with Crippen molar-refractivity contribution < 1.29 is 23.8 Å². The van der Waals surface area contributed by atoms with Crippen molar-refractivity contribution in [1.82, 2.24) is 9.80 Å². The van der Waals surface area contributed by atoms with Crippen LogP contribution in [-0.2, 0) is 9.53 Å². The summed E-state index contributed by atoms with van der Waals surface area (Å²) in [5, 5.41) is 3.04. The van der Waals surface area contributed by atoms with Gasteiger partial charge in [-0.1, -0.05) is 12.1 Å². The quantitative estimate of drug-likeness (QED) is 0.665. The summed E-state index contributed by atoms with van der Waals surface area (Å²) in [6, 6.07) is 12.8. The molecule has 0 spiro atoms. The third kappa shape index (κ3) is 5.78. The van der Waals surface area contributed by atoms with Gasteiger partial charge in [0.1, 0.15) is 0 Å². The van der Waals surface area contributed by atoms with Gasteiger partial charge in [-0.2, -0.15) is 0 Å². The molecule has 2 fully saturated rings. The van der Waals surface area contributed by atoms with Gasteiger partial charge in [0, 0.05) is 44.8 Å². The van der Waals surface area contributed by atoms with E-state index >= 15 is 0 Å².